The lowest BCUT2D eigenvalue weighted by molar-refractivity contribution is -0.142. The molecule has 1 unspecified atom stereocenters. The summed E-state index contributed by atoms with van der Waals surface area (Å²) in [4.78, 5) is 39.2. The maximum absolute atomic E-state index is 13.0. The van der Waals surface area contributed by atoms with Crippen LogP contribution < -0.4 is 10.6 Å². The summed E-state index contributed by atoms with van der Waals surface area (Å²) in [5.74, 6) is -2.41. The largest absolute Gasteiger partial charge is 0.480 e. The minimum Gasteiger partial charge on any atom is -0.480 e. The van der Waals surface area contributed by atoms with E-state index in [0.29, 0.717) is 36.2 Å². The third kappa shape index (κ3) is 8.03. The number of carbonyl (C=O) groups is 3. The molecule has 3 amide bonds. The second-order valence-electron chi connectivity index (χ2n) is 10.2. The summed E-state index contributed by atoms with van der Waals surface area (Å²) in [6, 6.07) is 14.5. The van der Waals surface area contributed by atoms with Crippen molar-refractivity contribution in [2.75, 3.05) is 31.5 Å². The summed E-state index contributed by atoms with van der Waals surface area (Å²) in [6.45, 7) is 1.84. The molecule has 0 aromatic heterocycles. The molecule has 10 nitrogen and oxygen atoms in total. The molecule has 2 aliphatic heterocycles. The number of hydrogen-bond donors (Lipinski definition) is 3. The zero-order valence-electron chi connectivity index (χ0n) is 21.9. The molecule has 11 heteroatoms. The van der Waals surface area contributed by atoms with Crippen LogP contribution in [0, 0.1) is 5.92 Å². The third-order valence-corrected chi connectivity index (χ3v) is 9.06. The number of anilines is 1. The first-order chi connectivity index (χ1) is 18.7. The van der Waals surface area contributed by atoms with E-state index in [-0.39, 0.29) is 24.7 Å². The SMILES string of the molecule is O=C(N[C@@H](Cc1ccc(NC(=O)N2CCCCC2)cc1)C(=O)O)C1CCCN(S(=O)(=O)Cc2ccccc2)C1. The molecule has 2 saturated heterocycles. The molecule has 2 aromatic carbocycles. The van der Waals surface area contributed by atoms with Crippen molar-refractivity contribution in [1.29, 1.82) is 0 Å². The van der Waals surface area contributed by atoms with E-state index in [1.165, 1.54) is 4.31 Å². The van der Waals surface area contributed by atoms with Gasteiger partial charge < -0.3 is 20.6 Å². The first-order valence-corrected chi connectivity index (χ1v) is 15.0. The van der Waals surface area contributed by atoms with Crippen LogP contribution in [0.1, 0.15) is 43.2 Å². The molecule has 0 bridgehead atoms. The highest BCUT2D eigenvalue weighted by molar-refractivity contribution is 7.88. The van der Waals surface area contributed by atoms with Crippen molar-refractivity contribution < 1.29 is 27.9 Å². The number of likely N-dealkylation sites (tertiary alicyclic amines) is 1. The monoisotopic (exact) mass is 556 g/mol. The van der Waals surface area contributed by atoms with E-state index in [1.54, 1.807) is 53.4 Å². The summed E-state index contributed by atoms with van der Waals surface area (Å²) in [7, 11) is -3.61. The summed E-state index contributed by atoms with van der Waals surface area (Å²) >= 11 is 0. The molecular formula is C28H36N4O6S. The van der Waals surface area contributed by atoms with E-state index in [2.05, 4.69) is 10.6 Å². The van der Waals surface area contributed by atoms with Gasteiger partial charge >= 0.3 is 12.0 Å². The number of carbonyl (C=O) groups excluding carboxylic acids is 2. The van der Waals surface area contributed by atoms with Gasteiger partial charge in [0.2, 0.25) is 15.9 Å². The van der Waals surface area contributed by atoms with Crippen molar-refractivity contribution >= 4 is 33.6 Å². The van der Waals surface area contributed by atoms with Crippen LogP contribution in [-0.2, 0) is 31.8 Å². The Hall–Kier alpha value is -3.44. The maximum atomic E-state index is 13.0. The van der Waals surface area contributed by atoms with Gasteiger partial charge in [-0.25, -0.2) is 22.3 Å². The van der Waals surface area contributed by atoms with E-state index in [1.807, 2.05) is 6.07 Å². The number of nitrogens with zero attached hydrogens (tertiary/aromatic N) is 2. The van der Waals surface area contributed by atoms with Gasteiger partial charge in [0.25, 0.3) is 0 Å². The standard InChI is InChI=1S/C28H36N4O6S/c33-26(23-10-7-17-32(19-23)39(37,38)20-22-8-3-1-4-9-22)30-25(27(34)35)18-21-11-13-24(14-12-21)29-28(36)31-15-5-2-6-16-31/h1,3-4,8-9,11-14,23,25H,2,5-7,10,15-20H2,(H,29,36)(H,30,33)(H,34,35)/t23?,25-/m0/s1. The summed E-state index contributed by atoms with van der Waals surface area (Å²) in [5, 5.41) is 15.2. The van der Waals surface area contributed by atoms with Crippen LogP contribution >= 0.6 is 0 Å². The predicted molar refractivity (Wildman–Crippen MR) is 148 cm³/mol. The summed E-state index contributed by atoms with van der Waals surface area (Å²) < 4.78 is 27.2. The summed E-state index contributed by atoms with van der Waals surface area (Å²) in [5.41, 5.74) is 1.98. The van der Waals surface area contributed by atoms with Crippen LogP contribution in [0.3, 0.4) is 0 Å². The van der Waals surface area contributed by atoms with E-state index in [9.17, 15) is 27.9 Å². The fourth-order valence-electron chi connectivity index (χ4n) is 5.03. The number of urea groups is 1. The number of nitrogens with one attached hydrogen (secondary N) is 2. The van der Waals surface area contributed by atoms with Gasteiger partial charge in [-0.15, -0.1) is 0 Å². The van der Waals surface area contributed by atoms with Crippen molar-refractivity contribution in [1.82, 2.24) is 14.5 Å². The molecule has 2 fully saturated rings. The summed E-state index contributed by atoms with van der Waals surface area (Å²) in [6.07, 6.45) is 4.19. The van der Waals surface area contributed by atoms with Crippen molar-refractivity contribution in [3.8, 4) is 0 Å². The molecule has 4 rings (SSSR count). The second-order valence-corrected chi connectivity index (χ2v) is 12.2. The average Bonchev–Trinajstić information content (AvgIpc) is 2.94. The van der Waals surface area contributed by atoms with Gasteiger partial charge in [-0.3, -0.25) is 4.79 Å². The van der Waals surface area contributed by atoms with Crippen molar-refractivity contribution in [2.24, 2.45) is 5.92 Å². The Labute approximate surface area is 229 Å². The van der Waals surface area contributed by atoms with Crippen molar-refractivity contribution in [2.45, 2.75) is 50.3 Å². The smallest absolute Gasteiger partial charge is 0.326 e. The minimum absolute atomic E-state index is 0.0265. The number of sulfonamides is 1. The van der Waals surface area contributed by atoms with Crippen LogP contribution in [0.2, 0.25) is 0 Å². The Balaban J connectivity index is 1.32. The molecule has 0 saturated carbocycles. The molecule has 3 N–H and O–H groups in total. The Morgan fingerprint density at radius 2 is 1.59 bits per heavy atom. The Morgan fingerprint density at radius 3 is 2.26 bits per heavy atom. The van der Waals surface area contributed by atoms with Gasteiger partial charge in [0.15, 0.2) is 0 Å². The normalized spacial score (nSPS) is 19.2. The highest BCUT2D eigenvalue weighted by Crippen LogP contribution is 2.22. The third-order valence-electron chi connectivity index (χ3n) is 7.24. The van der Waals surface area contributed by atoms with Crippen molar-refractivity contribution in [3.05, 3.63) is 65.7 Å². The number of benzene rings is 2. The van der Waals surface area contributed by atoms with E-state index in [0.717, 1.165) is 32.4 Å². The number of carboxylic acid groups (broad SMARTS) is 1. The molecular weight excluding hydrogens is 520 g/mol. The molecule has 2 atom stereocenters. The van der Waals surface area contributed by atoms with Gasteiger partial charge in [-0.1, -0.05) is 42.5 Å². The van der Waals surface area contributed by atoms with E-state index in [4.69, 9.17) is 0 Å². The number of rotatable bonds is 9. The molecule has 2 aliphatic rings. The first kappa shape index (κ1) is 28.6. The maximum Gasteiger partial charge on any atom is 0.326 e. The molecule has 2 heterocycles. The molecule has 2 aromatic rings. The fraction of sp³-hybridized carbons (Fsp3) is 0.464. The Morgan fingerprint density at radius 1 is 0.897 bits per heavy atom. The van der Waals surface area contributed by atoms with Crippen LogP contribution in [0.25, 0.3) is 0 Å². The van der Waals surface area contributed by atoms with Crippen molar-refractivity contribution in [3.63, 3.8) is 0 Å². The van der Waals surface area contributed by atoms with Gasteiger partial charge in [0, 0.05) is 38.3 Å². The predicted octanol–water partition coefficient (Wildman–Crippen LogP) is 3.06. The Bertz CT molecular complexity index is 1250. The minimum atomic E-state index is -3.61. The quantitative estimate of drug-likeness (QED) is 0.434. The zero-order chi connectivity index (χ0) is 27.8. The number of carboxylic acids is 1. The number of aliphatic carboxylic acids is 1. The van der Waals surface area contributed by atoms with Crippen LogP contribution in [0.15, 0.2) is 54.6 Å². The number of amides is 3. The van der Waals surface area contributed by atoms with Crippen LogP contribution in [-0.4, -0.2) is 72.9 Å². The lowest BCUT2D eigenvalue weighted by atomic mass is 9.97. The number of hydrogen-bond acceptors (Lipinski definition) is 5. The van der Waals surface area contributed by atoms with Gasteiger partial charge in [0.05, 0.1) is 11.7 Å². The molecule has 39 heavy (non-hydrogen) atoms. The highest BCUT2D eigenvalue weighted by atomic mass is 32.2. The second kappa shape index (κ2) is 13.1. The number of piperidine rings is 2. The molecule has 0 radical (unpaired) electrons. The zero-order valence-corrected chi connectivity index (χ0v) is 22.7. The van der Waals surface area contributed by atoms with Crippen LogP contribution in [0.5, 0.6) is 0 Å². The topological polar surface area (TPSA) is 136 Å². The van der Waals surface area contributed by atoms with Gasteiger partial charge in [0.1, 0.15) is 6.04 Å². The average molecular weight is 557 g/mol. The molecule has 0 spiro atoms. The van der Waals surface area contributed by atoms with E-state index >= 15 is 0 Å². The fourth-order valence-corrected chi connectivity index (χ4v) is 6.64. The van der Waals surface area contributed by atoms with Gasteiger partial charge in [-0.2, -0.15) is 0 Å². The first-order valence-electron chi connectivity index (χ1n) is 13.4. The molecule has 210 valence electrons. The Kier molecular flexibility index (Phi) is 9.58. The lowest BCUT2D eigenvalue weighted by Gasteiger charge is -2.32. The van der Waals surface area contributed by atoms with E-state index < -0.39 is 33.9 Å². The molecule has 0 aliphatic carbocycles. The lowest BCUT2D eigenvalue weighted by Crippen LogP contribution is -2.50. The van der Waals surface area contributed by atoms with Crippen LogP contribution in [0.4, 0.5) is 10.5 Å². The highest BCUT2D eigenvalue weighted by Gasteiger charge is 2.34. The van der Waals surface area contributed by atoms with Gasteiger partial charge in [-0.05, 0) is 55.4 Å².